The molecule has 0 unspecified atom stereocenters. The first-order valence-corrected chi connectivity index (χ1v) is 16.5. The van der Waals surface area contributed by atoms with E-state index in [4.69, 9.17) is 14.4 Å². The molecule has 9 rings (SSSR count). The van der Waals surface area contributed by atoms with Crippen LogP contribution in [0.15, 0.2) is 186 Å². The summed E-state index contributed by atoms with van der Waals surface area (Å²) < 4.78 is 6.08. The van der Waals surface area contributed by atoms with Gasteiger partial charge in [-0.2, -0.15) is 0 Å². The molecule has 7 aromatic carbocycles. The number of fused-ring (bicyclic) bond motifs is 3. The van der Waals surface area contributed by atoms with E-state index >= 15 is 0 Å². The number of para-hydroxylation sites is 1. The zero-order valence-corrected chi connectivity index (χ0v) is 26.6. The van der Waals surface area contributed by atoms with Crippen LogP contribution in [-0.2, 0) is 0 Å². The van der Waals surface area contributed by atoms with Gasteiger partial charge in [0.05, 0.1) is 11.4 Å². The molecule has 0 radical (unpaired) electrons. The van der Waals surface area contributed by atoms with Gasteiger partial charge in [-0.3, -0.25) is 0 Å². The van der Waals surface area contributed by atoms with Crippen LogP contribution in [0.2, 0.25) is 0 Å². The number of aromatic nitrogens is 2. The Kier molecular flexibility index (Phi) is 7.14. The number of benzene rings is 7. The Bertz CT molecular complexity index is 2510. The first-order chi connectivity index (χ1) is 24.3. The van der Waals surface area contributed by atoms with Gasteiger partial charge in [0.1, 0.15) is 11.2 Å². The highest BCUT2D eigenvalue weighted by molar-refractivity contribution is 6.06. The third-order valence-electron chi connectivity index (χ3n) is 9.14. The molecule has 0 saturated carbocycles. The zero-order valence-electron chi connectivity index (χ0n) is 26.6. The van der Waals surface area contributed by atoms with Crippen LogP contribution in [0.3, 0.4) is 0 Å². The van der Waals surface area contributed by atoms with E-state index in [1.807, 2.05) is 24.3 Å². The summed E-state index contributed by atoms with van der Waals surface area (Å²) in [5.41, 5.74) is 13.5. The Balaban J connectivity index is 1.19. The quantitative estimate of drug-likeness (QED) is 0.184. The molecule has 0 fully saturated rings. The lowest BCUT2D eigenvalue weighted by molar-refractivity contribution is 0.669. The molecule has 9 aromatic rings. The second-order valence-electron chi connectivity index (χ2n) is 12.2. The van der Waals surface area contributed by atoms with Gasteiger partial charge in [0.2, 0.25) is 0 Å². The molecule has 0 atom stereocenters. The minimum Gasteiger partial charge on any atom is -0.456 e. The van der Waals surface area contributed by atoms with Crippen molar-refractivity contribution in [3.8, 4) is 67.3 Å². The van der Waals surface area contributed by atoms with Crippen LogP contribution >= 0.6 is 0 Å². The fourth-order valence-corrected chi connectivity index (χ4v) is 6.72. The van der Waals surface area contributed by atoms with Gasteiger partial charge in [0.25, 0.3) is 0 Å². The zero-order chi connectivity index (χ0) is 32.6. The van der Waals surface area contributed by atoms with Crippen LogP contribution in [0.5, 0.6) is 0 Å². The molecule has 2 aromatic heterocycles. The van der Waals surface area contributed by atoms with Gasteiger partial charge in [-0.15, -0.1) is 0 Å². The molecule has 0 bridgehead atoms. The molecule has 0 spiro atoms. The molecular formula is C46H30N2O. The van der Waals surface area contributed by atoms with Crippen LogP contribution in [-0.4, -0.2) is 9.97 Å². The summed E-state index contributed by atoms with van der Waals surface area (Å²) in [6, 6.07) is 63.3. The van der Waals surface area contributed by atoms with E-state index in [1.54, 1.807) is 0 Å². The standard InChI is InChI=1S/C46H30N2O/c1-4-13-33(14-5-1)41-30-42(34-15-6-2-7-16-34)48-46(47-41)39-21-12-20-37(45(39)35-17-8-3-9-18-35)32-25-23-31(24-26-32)36-27-28-44-40(29-36)38-19-10-11-22-43(38)49-44/h1-30H. The second-order valence-corrected chi connectivity index (χ2v) is 12.2. The molecule has 2 heterocycles. The van der Waals surface area contributed by atoms with Gasteiger partial charge >= 0.3 is 0 Å². The van der Waals surface area contributed by atoms with E-state index < -0.39 is 0 Å². The van der Waals surface area contributed by atoms with Crippen LogP contribution in [0.25, 0.3) is 89.2 Å². The summed E-state index contributed by atoms with van der Waals surface area (Å²) in [7, 11) is 0. The summed E-state index contributed by atoms with van der Waals surface area (Å²) in [6.07, 6.45) is 0. The summed E-state index contributed by atoms with van der Waals surface area (Å²) in [5.74, 6) is 0.693. The summed E-state index contributed by atoms with van der Waals surface area (Å²) >= 11 is 0. The van der Waals surface area contributed by atoms with Gasteiger partial charge in [0.15, 0.2) is 5.82 Å². The first kappa shape index (κ1) is 28.6. The number of rotatable bonds is 6. The Morgan fingerprint density at radius 2 is 0.857 bits per heavy atom. The van der Waals surface area contributed by atoms with E-state index in [1.165, 1.54) is 0 Å². The number of hydrogen-bond donors (Lipinski definition) is 0. The normalized spacial score (nSPS) is 11.3. The summed E-state index contributed by atoms with van der Waals surface area (Å²) in [4.78, 5) is 10.4. The molecule has 0 saturated heterocycles. The van der Waals surface area contributed by atoms with Gasteiger partial charge in [-0.1, -0.05) is 158 Å². The third kappa shape index (κ3) is 5.38. The van der Waals surface area contributed by atoms with Crippen molar-refractivity contribution in [1.29, 1.82) is 0 Å². The molecule has 0 aliphatic carbocycles. The van der Waals surface area contributed by atoms with E-state index in [-0.39, 0.29) is 0 Å². The Labute approximate surface area is 284 Å². The summed E-state index contributed by atoms with van der Waals surface area (Å²) in [6.45, 7) is 0. The lowest BCUT2D eigenvalue weighted by Gasteiger charge is -2.17. The Hall–Kier alpha value is -6.58. The highest BCUT2D eigenvalue weighted by Gasteiger charge is 2.18. The largest absolute Gasteiger partial charge is 0.456 e. The molecule has 230 valence electrons. The van der Waals surface area contributed by atoms with Crippen molar-refractivity contribution in [3.63, 3.8) is 0 Å². The molecule has 0 aliphatic heterocycles. The van der Waals surface area contributed by atoms with Crippen molar-refractivity contribution in [2.24, 2.45) is 0 Å². The fourth-order valence-electron chi connectivity index (χ4n) is 6.72. The predicted octanol–water partition coefficient (Wildman–Crippen LogP) is 12.4. The Morgan fingerprint density at radius 3 is 1.53 bits per heavy atom. The van der Waals surface area contributed by atoms with Crippen molar-refractivity contribution in [2.75, 3.05) is 0 Å². The molecule has 3 heteroatoms. The average Bonchev–Trinajstić information content (AvgIpc) is 3.56. The van der Waals surface area contributed by atoms with E-state index in [2.05, 4.69) is 158 Å². The lowest BCUT2D eigenvalue weighted by atomic mass is 9.89. The van der Waals surface area contributed by atoms with Crippen molar-refractivity contribution in [3.05, 3.63) is 182 Å². The predicted molar refractivity (Wildman–Crippen MR) is 202 cm³/mol. The van der Waals surface area contributed by atoms with Crippen molar-refractivity contribution >= 4 is 21.9 Å². The van der Waals surface area contributed by atoms with Crippen molar-refractivity contribution < 1.29 is 4.42 Å². The van der Waals surface area contributed by atoms with Crippen LogP contribution < -0.4 is 0 Å². The molecular weight excluding hydrogens is 597 g/mol. The minimum absolute atomic E-state index is 0.693. The molecule has 0 amide bonds. The average molecular weight is 627 g/mol. The molecule has 0 aliphatic rings. The molecule has 49 heavy (non-hydrogen) atoms. The highest BCUT2D eigenvalue weighted by atomic mass is 16.3. The monoisotopic (exact) mass is 626 g/mol. The maximum Gasteiger partial charge on any atom is 0.161 e. The molecule has 0 N–H and O–H groups in total. The lowest BCUT2D eigenvalue weighted by Crippen LogP contribution is -1.98. The topological polar surface area (TPSA) is 38.9 Å². The van der Waals surface area contributed by atoms with Gasteiger partial charge < -0.3 is 4.42 Å². The first-order valence-electron chi connectivity index (χ1n) is 16.5. The van der Waals surface area contributed by atoms with Gasteiger partial charge in [0, 0.05) is 33.0 Å². The second kappa shape index (κ2) is 12.2. The highest BCUT2D eigenvalue weighted by Crippen LogP contribution is 2.41. The maximum atomic E-state index is 6.08. The van der Waals surface area contributed by atoms with Gasteiger partial charge in [-0.05, 0) is 52.1 Å². The summed E-state index contributed by atoms with van der Waals surface area (Å²) in [5, 5.41) is 2.26. The van der Waals surface area contributed by atoms with Crippen LogP contribution in [0, 0.1) is 0 Å². The van der Waals surface area contributed by atoms with Gasteiger partial charge in [-0.25, -0.2) is 9.97 Å². The van der Waals surface area contributed by atoms with Crippen LogP contribution in [0.1, 0.15) is 0 Å². The van der Waals surface area contributed by atoms with E-state index in [9.17, 15) is 0 Å². The van der Waals surface area contributed by atoms with Crippen molar-refractivity contribution in [2.45, 2.75) is 0 Å². The smallest absolute Gasteiger partial charge is 0.161 e. The number of furan rings is 1. The van der Waals surface area contributed by atoms with E-state index in [0.29, 0.717) is 5.82 Å². The van der Waals surface area contributed by atoms with E-state index in [0.717, 1.165) is 83.4 Å². The fraction of sp³-hybridized carbons (Fsp3) is 0. The minimum atomic E-state index is 0.693. The van der Waals surface area contributed by atoms with Crippen molar-refractivity contribution in [1.82, 2.24) is 9.97 Å². The SMILES string of the molecule is c1ccc(-c2cc(-c3ccccc3)nc(-c3cccc(-c4ccc(-c5ccc6oc7ccccc7c6c5)cc4)c3-c3ccccc3)n2)cc1. The van der Waals surface area contributed by atoms with Crippen LogP contribution in [0.4, 0.5) is 0 Å². The molecule has 3 nitrogen and oxygen atoms in total. The number of hydrogen-bond acceptors (Lipinski definition) is 3. The third-order valence-corrected chi connectivity index (χ3v) is 9.14. The Morgan fingerprint density at radius 1 is 0.327 bits per heavy atom. The maximum absolute atomic E-state index is 6.08. The number of nitrogens with zero attached hydrogens (tertiary/aromatic N) is 2.